The Kier molecular flexibility index (Phi) is 4.68. The molecule has 0 aromatic heterocycles. The van der Waals surface area contributed by atoms with Gasteiger partial charge in [-0.1, -0.05) is 36.4 Å². The number of hydrogen-bond donors (Lipinski definition) is 3. The highest BCUT2D eigenvalue weighted by atomic mass is 19.1. The van der Waals surface area contributed by atoms with Gasteiger partial charge in [-0.25, -0.2) is 9.18 Å². The molecule has 2 amide bonds. The topological polar surface area (TPSA) is 67.1 Å². The number of amides is 2. The molecule has 4 N–H and O–H groups in total. The number of urea groups is 1. The minimum absolute atomic E-state index is 0.156. The average molecular weight is 273 g/mol. The van der Waals surface area contributed by atoms with E-state index in [1.807, 2.05) is 24.3 Å². The molecule has 0 heterocycles. The van der Waals surface area contributed by atoms with Crippen molar-refractivity contribution in [3.05, 3.63) is 65.5 Å². The lowest BCUT2D eigenvalue weighted by Crippen LogP contribution is -2.28. The first-order valence-corrected chi connectivity index (χ1v) is 6.26. The van der Waals surface area contributed by atoms with Crippen LogP contribution >= 0.6 is 0 Å². The van der Waals surface area contributed by atoms with Gasteiger partial charge in [0.05, 0.1) is 5.69 Å². The summed E-state index contributed by atoms with van der Waals surface area (Å²) in [7, 11) is 0. The average Bonchev–Trinajstić information content (AvgIpc) is 2.48. The number of hydrogen-bond acceptors (Lipinski definition) is 2. The highest BCUT2D eigenvalue weighted by Gasteiger charge is 2.05. The standard InChI is InChI=1S/C15H16FN3O/c16-13-3-1-2-4-14(13)19-15(20)18-10-12-7-5-11(9-17)6-8-12/h1-8H,9-10,17H2,(H2,18,19,20). The van der Waals surface area contributed by atoms with E-state index in [1.165, 1.54) is 12.1 Å². The predicted octanol–water partition coefficient (Wildman–Crippen LogP) is 2.61. The van der Waals surface area contributed by atoms with Gasteiger partial charge < -0.3 is 16.4 Å². The zero-order valence-corrected chi connectivity index (χ0v) is 10.9. The van der Waals surface area contributed by atoms with Crippen LogP contribution in [0.4, 0.5) is 14.9 Å². The third-order valence-electron chi connectivity index (χ3n) is 2.83. The van der Waals surface area contributed by atoms with E-state index < -0.39 is 11.8 Å². The van der Waals surface area contributed by atoms with Crippen molar-refractivity contribution >= 4 is 11.7 Å². The van der Waals surface area contributed by atoms with Gasteiger partial charge in [0.1, 0.15) is 5.82 Å². The molecule has 0 saturated heterocycles. The number of nitrogens with two attached hydrogens (primary N) is 1. The second kappa shape index (κ2) is 6.68. The molecular formula is C15H16FN3O. The molecule has 0 aliphatic carbocycles. The van der Waals surface area contributed by atoms with Crippen molar-refractivity contribution < 1.29 is 9.18 Å². The normalized spacial score (nSPS) is 10.1. The number of halogens is 1. The summed E-state index contributed by atoms with van der Waals surface area (Å²) in [4.78, 5) is 11.7. The van der Waals surface area contributed by atoms with Crippen LogP contribution in [0.5, 0.6) is 0 Å². The molecule has 104 valence electrons. The van der Waals surface area contributed by atoms with Crippen LogP contribution in [-0.2, 0) is 13.1 Å². The Balaban J connectivity index is 1.87. The number of carbonyl (C=O) groups is 1. The van der Waals surface area contributed by atoms with E-state index in [2.05, 4.69) is 10.6 Å². The Hall–Kier alpha value is -2.40. The lowest BCUT2D eigenvalue weighted by atomic mass is 10.1. The van der Waals surface area contributed by atoms with Gasteiger partial charge in [0.25, 0.3) is 0 Å². The Bertz CT molecular complexity index is 584. The highest BCUT2D eigenvalue weighted by molar-refractivity contribution is 5.89. The second-order valence-corrected chi connectivity index (χ2v) is 4.31. The Morgan fingerprint density at radius 1 is 1.05 bits per heavy atom. The molecule has 5 heteroatoms. The fourth-order valence-electron chi connectivity index (χ4n) is 1.70. The summed E-state index contributed by atoms with van der Waals surface area (Å²) in [6, 6.07) is 13.2. The van der Waals surface area contributed by atoms with E-state index in [1.54, 1.807) is 12.1 Å². The van der Waals surface area contributed by atoms with E-state index >= 15 is 0 Å². The maximum Gasteiger partial charge on any atom is 0.319 e. The highest BCUT2D eigenvalue weighted by Crippen LogP contribution is 2.12. The molecule has 2 aromatic carbocycles. The van der Waals surface area contributed by atoms with Gasteiger partial charge in [0, 0.05) is 13.1 Å². The van der Waals surface area contributed by atoms with Crippen LogP contribution in [0.3, 0.4) is 0 Å². The SMILES string of the molecule is NCc1ccc(CNC(=O)Nc2ccccc2F)cc1. The minimum atomic E-state index is -0.463. The Morgan fingerprint density at radius 3 is 2.35 bits per heavy atom. The molecule has 0 aliphatic rings. The van der Waals surface area contributed by atoms with Crippen molar-refractivity contribution in [1.29, 1.82) is 0 Å². The fourth-order valence-corrected chi connectivity index (χ4v) is 1.70. The largest absolute Gasteiger partial charge is 0.334 e. The number of rotatable bonds is 4. The number of nitrogens with one attached hydrogen (secondary N) is 2. The number of benzene rings is 2. The zero-order chi connectivity index (χ0) is 14.4. The molecule has 0 saturated carbocycles. The molecule has 0 bridgehead atoms. The van der Waals surface area contributed by atoms with Gasteiger partial charge in [-0.3, -0.25) is 0 Å². The van der Waals surface area contributed by atoms with E-state index in [0.717, 1.165) is 11.1 Å². The number of para-hydroxylation sites is 1. The van der Waals surface area contributed by atoms with Crippen LogP contribution in [0.1, 0.15) is 11.1 Å². The molecule has 0 spiro atoms. The molecular weight excluding hydrogens is 257 g/mol. The van der Waals surface area contributed by atoms with Crippen LogP contribution in [-0.4, -0.2) is 6.03 Å². The maximum absolute atomic E-state index is 13.3. The van der Waals surface area contributed by atoms with Gasteiger partial charge in [0.2, 0.25) is 0 Å². The van der Waals surface area contributed by atoms with Gasteiger partial charge in [-0.15, -0.1) is 0 Å². The lowest BCUT2D eigenvalue weighted by Gasteiger charge is -2.08. The quantitative estimate of drug-likeness (QED) is 0.801. The monoisotopic (exact) mass is 273 g/mol. The zero-order valence-electron chi connectivity index (χ0n) is 10.9. The summed E-state index contributed by atoms with van der Waals surface area (Å²) in [5.41, 5.74) is 7.64. The third-order valence-corrected chi connectivity index (χ3v) is 2.83. The molecule has 0 unspecified atom stereocenters. The van der Waals surface area contributed by atoms with E-state index in [0.29, 0.717) is 13.1 Å². The van der Waals surface area contributed by atoms with Crippen molar-refractivity contribution in [2.45, 2.75) is 13.1 Å². The predicted molar refractivity (Wildman–Crippen MR) is 76.6 cm³/mol. The summed E-state index contributed by atoms with van der Waals surface area (Å²) in [5, 5.41) is 5.12. The molecule has 2 rings (SSSR count). The maximum atomic E-state index is 13.3. The van der Waals surface area contributed by atoms with Crippen LogP contribution in [0, 0.1) is 5.82 Å². The second-order valence-electron chi connectivity index (χ2n) is 4.31. The van der Waals surface area contributed by atoms with Gasteiger partial charge >= 0.3 is 6.03 Å². The molecule has 0 aliphatic heterocycles. The van der Waals surface area contributed by atoms with Crippen LogP contribution in [0.15, 0.2) is 48.5 Å². The smallest absolute Gasteiger partial charge is 0.319 e. The van der Waals surface area contributed by atoms with Gasteiger partial charge in [-0.05, 0) is 23.3 Å². The van der Waals surface area contributed by atoms with Crippen molar-refractivity contribution in [3.8, 4) is 0 Å². The first-order chi connectivity index (χ1) is 9.69. The molecule has 0 radical (unpaired) electrons. The molecule has 0 atom stereocenters. The van der Waals surface area contributed by atoms with Gasteiger partial charge in [-0.2, -0.15) is 0 Å². The number of anilines is 1. The summed E-state index contributed by atoms with van der Waals surface area (Å²) >= 11 is 0. The first kappa shape index (κ1) is 14.0. The number of carbonyl (C=O) groups excluding carboxylic acids is 1. The molecule has 4 nitrogen and oxygen atoms in total. The van der Waals surface area contributed by atoms with Gasteiger partial charge in [0.15, 0.2) is 0 Å². The van der Waals surface area contributed by atoms with E-state index in [4.69, 9.17) is 5.73 Å². The molecule has 20 heavy (non-hydrogen) atoms. The first-order valence-electron chi connectivity index (χ1n) is 6.26. The van der Waals surface area contributed by atoms with E-state index in [9.17, 15) is 9.18 Å². The van der Waals surface area contributed by atoms with E-state index in [-0.39, 0.29) is 5.69 Å². The summed E-state index contributed by atoms with van der Waals surface area (Å²) < 4.78 is 13.3. The fraction of sp³-hybridized carbons (Fsp3) is 0.133. The van der Waals surface area contributed by atoms with Crippen molar-refractivity contribution in [3.63, 3.8) is 0 Å². The summed E-state index contributed by atoms with van der Waals surface area (Å²) in [6.07, 6.45) is 0. The van der Waals surface area contributed by atoms with Crippen molar-refractivity contribution in [1.82, 2.24) is 5.32 Å². The molecule has 2 aromatic rings. The Morgan fingerprint density at radius 2 is 1.70 bits per heavy atom. The lowest BCUT2D eigenvalue weighted by molar-refractivity contribution is 0.251. The van der Waals surface area contributed by atoms with Crippen LogP contribution < -0.4 is 16.4 Å². The molecule has 0 fully saturated rings. The van der Waals surface area contributed by atoms with Crippen molar-refractivity contribution in [2.75, 3.05) is 5.32 Å². The minimum Gasteiger partial charge on any atom is -0.334 e. The summed E-state index contributed by atoms with van der Waals surface area (Å²) in [5.74, 6) is -0.463. The third kappa shape index (κ3) is 3.80. The van der Waals surface area contributed by atoms with Crippen LogP contribution in [0.25, 0.3) is 0 Å². The van der Waals surface area contributed by atoms with Crippen molar-refractivity contribution in [2.24, 2.45) is 5.73 Å². The Labute approximate surface area is 116 Å². The summed E-state index contributed by atoms with van der Waals surface area (Å²) in [6.45, 7) is 0.854. The van der Waals surface area contributed by atoms with Crippen LogP contribution in [0.2, 0.25) is 0 Å².